The van der Waals surface area contributed by atoms with Crippen LogP contribution in [0.25, 0.3) is 0 Å². The summed E-state index contributed by atoms with van der Waals surface area (Å²) < 4.78 is 11.6. The highest BCUT2D eigenvalue weighted by molar-refractivity contribution is 6.04. The van der Waals surface area contributed by atoms with Gasteiger partial charge in [-0.15, -0.1) is 0 Å². The molecule has 1 aromatic carbocycles. The van der Waals surface area contributed by atoms with Gasteiger partial charge >= 0.3 is 5.97 Å². The number of allylic oxidation sites excluding steroid dienone is 3. The monoisotopic (exact) mass is 419 g/mol. The normalized spacial score (nSPS) is 20.4. The first-order valence-electron chi connectivity index (χ1n) is 10.8. The van der Waals surface area contributed by atoms with Crippen molar-refractivity contribution in [3.8, 4) is 0 Å². The summed E-state index contributed by atoms with van der Waals surface area (Å²) in [7, 11) is 0. The molecule has 2 heterocycles. The van der Waals surface area contributed by atoms with Crippen LogP contribution in [0.2, 0.25) is 0 Å². The summed E-state index contributed by atoms with van der Waals surface area (Å²) in [6.07, 6.45) is 1.83. The molecular formula is C26H29NO4. The lowest BCUT2D eigenvalue weighted by molar-refractivity contribution is -0.139. The lowest BCUT2D eigenvalue weighted by atomic mass is 9.69. The van der Waals surface area contributed by atoms with Crippen LogP contribution in [0.5, 0.6) is 0 Å². The molecule has 0 spiro atoms. The quantitative estimate of drug-likeness (QED) is 0.693. The number of furan rings is 1. The molecule has 1 aliphatic carbocycles. The molecular weight excluding hydrogens is 390 g/mol. The van der Waals surface area contributed by atoms with Crippen molar-refractivity contribution in [3.05, 3.63) is 82.1 Å². The fourth-order valence-electron chi connectivity index (χ4n) is 4.58. The Bertz CT molecular complexity index is 1070. The van der Waals surface area contributed by atoms with Gasteiger partial charge in [0.05, 0.1) is 18.1 Å². The molecule has 1 atom stereocenters. The number of ether oxygens (including phenoxy) is 1. The van der Waals surface area contributed by atoms with E-state index in [0.29, 0.717) is 35.4 Å². The minimum absolute atomic E-state index is 0.0555. The van der Waals surface area contributed by atoms with Crippen LogP contribution in [0.4, 0.5) is 0 Å². The number of hydrogen-bond donors (Lipinski definition) is 1. The highest BCUT2D eigenvalue weighted by atomic mass is 16.5. The van der Waals surface area contributed by atoms with Crippen LogP contribution in [0.1, 0.15) is 56.6 Å². The molecule has 0 saturated heterocycles. The Morgan fingerprint density at radius 1 is 1.13 bits per heavy atom. The average molecular weight is 420 g/mol. The van der Waals surface area contributed by atoms with E-state index in [4.69, 9.17) is 9.15 Å². The zero-order chi connectivity index (χ0) is 22.2. The predicted molar refractivity (Wildman–Crippen MR) is 118 cm³/mol. The van der Waals surface area contributed by atoms with Crippen molar-refractivity contribution >= 4 is 11.8 Å². The summed E-state index contributed by atoms with van der Waals surface area (Å²) in [5.41, 5.74) is 3.67. The van der Waals surface area contributed by atoms with Crippen LogP contribution in [-0.2, 0) is 20.7 Å². The molecule has 5 heteroatoms. The number of benzene rings is 1. The molecule has 162 valence electrons. The van der Waals surface area contributed by atoms with E-state index in [-0.39, 0.29) is 17.8 Å². The van der Waals surface area contributed by atoms with Gasteiger partial charge in [-0.05, 0) is 43.4 Å². The third-order valence-corrected chi connectivity index (χ3v) is 5.97. The van der Waals surface area contributed by atoms with E-state index in [9.17, 15) is 9.59 Å². The molecule has 0 amide bonds. The third-order valence-electron chi connectivity index (χ3n) is 5.97. The van der Waals surface area contributed by atoms with E-state index < -0.39 is 11.9 Å². The molecule has 0 radical (unpaired) electrons. The SMILES string of the molecule is CC1=C(C(=O)OCCc2ccccc2)[C@@H](c2ccc(C)o2)C2=C(CC(C)(C)CC2=O)N1. The number of nitrogens with one attached hydrogen (secondary N) is 1. The fourth-order valence-corrected chi connectivity index (χ4v) is 4.58. The molecule has 1 N–H and O–H groups in total. The summed E-state index contributed by atoms with van der Waals surface area (Å²) in [6.45, 7) is 8.19. The van der Waals surface area contributed by atoms with E-state index in [1.165, 1.54) is 0 Å². The highest BCUT2D eigenvalue weighted by Gasteiger charge is 2.44. The second-order valence-electron chi connectivity index (χ2n) is 9.25. The van der Waals surface area contributed by atoms with Crippen LogP contribution in [0, 0.1) is 12.3 Å². The smallest absolute Gasteiger partial charge is 0.336 e. The average Bonchev–Trinajstić information content (AvgIpc) is 3.12. The molecule has 0 fully saturated rings. The first-order valence-corrected chi connectivity index (χ1v) is 10.8. The zero-order valence-corrected chi connectivity index (χ0v) is 18.6. The Morgan fingerprint density at radius 3 is 2.55 bits per heavy atom. The first-order chi connectivity index (χ1) is 14.7. The Balaban J connectivity index is 1.64. The van der Waals surface area contributed by atoms with Crippen molar-refractivity contribution in [3.63, 3.8) is 0 Å². The molecule has 0 bridgehead atoms. The van der Waals surface area contributed by atoms with Crippen molar-refractivity contribution < 1.29 is 18.7 Å². The summed E-state index contributed by atoms with van der Waals surface area (Å²) >= 11 is 0. The van der Waals surface area contributed by atoms with E-state index in [0.717, 1.165) is 23.4 Å². The Kier molecular flexibility index (Phi) is 5.61. The molecule has 4 rings (SSSR count). The third kappa shape index (κ3) is 4.36. The maximum atomic E-state index is 13.2. The number of carbonyl (C=O) groups excluding carboxylic acids is 2. The molecule has 31 heavy (non-hydrogen) atoms. The fraction of sp³-hybridized carbons (Fsp3) is 0.385. The Hall–Kier alpha value is -3.08. The van der Waals surface area contributed by atoms with Crippen molar-refractivity contribution in [1.82, 2.24) is 5.32 Å². The number of dihydropyridines is 1. The number of aryl methyl sites for hydroxylation is 1. The van der Waals surface area contributed by atoms with Gasteiger partial charge in [0.1, 0.15) is 11.5 Å². The predicted octanol–water partition coefficient (Wildman–Crippen LogP) is 4.98. The molecule has 0 saturated carbocycles. The van der Waals surface area contributed by atoms with Gasteiger partial charge in [0, 0.05) is 29.8 Å². The molecule has 0 unspecified atom stereocenters. The maximum Gasteiger partial charge on any atom is 0.336 e. The largest absolute Gasteiger partial charge is 0.465 e. The van der Waals surface area contributed by atoms with Crippen LogP contribution in [0.15, 0.2) is 69.4 Å². The molecule has 2 aromatic rings. The van der Waals surface area contributed by atoms with Crippen LogP contribution in [-0.4, -0.2) is 18.4 Å². The topological polar surface area (TPSA) is 68.5 Å². The standard InChI is InChI=1S/C26H29NO4/c1-16-10-11-21(31-16)24-22(25(29)30-13-12-18-8-6-5-7-9-18)17(2)27-19-14-26(3,4)15-20(28)23(19)24/h5-11,24,27H,12-15H2,1-4H3/t24-/m1/s1. The Morgan fingerprint density at radius 2 is 1.87 bits per heavy atom. The summed E-state index contributed by atoms with van der Waals surface area (Å²) in [4.78, 5) is 26.4. The molecule has 1 aromatic heterocycles. The number of esters is 1. The van der Waals surface area contributed by atoms with Crippen LogP contribution >= 0.6 is 0 Å². The summed E-state index contributed by atoms with van der Waals surface area (Å²) in [6, 6.07) is 13.6. The van der Waals surface area contributed by atoms with E-state index >= 15 is 0 Å². The number of rotatable bonds is 5. The van der Waals surface area contributed by atoms with Crippen molar-refractivity contribution in [2.24, 2.45) is 5.41 Å². The number of hydrogen-bond acceptors (Lipinski definition) is 5. The summed E-state index contributed by atoms with van der Waals surface area (Å²) in [5, 5.41) is 3.35. The molecule has 1 aliphatic heterocycles. The van der Waals surface area contributed by atoms with E-state index in [1.54, 1.807) is 0 Å². The van der Waals surface area contributed by atoms with Gasteiger partial charge in [-0.2, -0.15) is 0 Å². The van der Waals surface area contributed by atoms with Gasteiger partial charge in [0.15, 0.2) is 5.78 Å². The maximum absolute atomic E-state index is 13.2. The lowest BCUT2D eigenvalue weighted by Crippen LogP contribution is -2.38. The second-order valence-corrected chi connectivity index (χ2v) is 9.25. The first kappa shape index (κ1) is 21.2. The lowest BCUT2D eigenvalue weighted by Gasteiger charge is -2.38. The summed E-state index contributed by atoms with van der Waals surface area (Å²) in [5.74, 6) is 0.449. The van der Waals surface area contributed by atoms with Gasteiger partial charge in [-0.3, -0.25) is 4.79 Å². The van der Waals surface area contributed by atoms with Crippen molar-refractivity contribution in [2.45, 2.75) is 52.9 Å². The van der Waals surface area contributed by atoms with E-state index in [1.807, 2.05) is 56.3 Å². The van der Waals surface area contributed by atoms with Crippen LogP contribution < -0.4 is 5.32 Å². The minimum Gasteiger partial charge on any atom is -0.465 e. The van der Waals surface area contributed by atoms with Crippen LogP contribution in [0.3, 0.4) is 0 Å². The second kappa shape index (κ2) is 8.22. The van der Waals surface area contributed by atoms with Crippen molar-refractivity contribution in [1.29, 1.82) is 0 Å². The molecule has 2 aliphatic rings. The van der Waals surface area contributed by atoms with Gasteiger partial charge in [0.2, 0.25) is 0 Å². The van der Waals surface area contributed by atoms with Gasteiger partial charge in [0.25, 0.3) is 0 Å². The van der Waals surface area contributed by atoms with E-state index in [2.05, 4.69) is 19.2 Å². The Labute approximate surface area is 183 Å². The molecule has 5 nitrogen and oxygen atoms in total. The number of Topliss-reactive ketones (excluding diaryl/α,β-unsaturated/α-hetero) is 1. The zero-order valence-electron chi connectivity index (χ0n) is 18.6. The minimum atomic E-state index is -0.544. The van der Waals surface area contributed by atoms with Crippen molar-refractivity contribution in [2.75, 3.05) is 6.61 Å². The highest BCUT2D eigenvalue weighted by Crippen LogP contribution is 2.47. The number of ketones is 1. The van der Waals surface area contributed by atoms with Gasteiger partial charge in [-0.25, -0.2) is 4.79 Å². The number of carbonyl (C=O) groups is 2. The van der Waals surface area contributed by atoms with Gasteiger partial charge in [-0.1, -0.05) is 44.2 Å². The van der Waals surface area contributed by atoms with Gasteiger partial charge < -0.3 is 14.5 Å².